The number of benzene rings is 2. The zero-order valence-corrected chi connectivity index (χ0v) is 15.9. The molecule has 2 aromatic carbocycles. The topological polar surface area (TPSA) is 85.9 Å². The molecule has 0 unspecified atom stereocenters. The van der Waals surface area contributed by atoms with Crippen LogP contribution in [0.5, 0.6) is 17.2 Å². The van der Waals surface area contributed by atoms with Gasteiger partial charge in [-0.15, -0.1) is 0 Å². The number of ether oxygens (including phenoxy) is 3. The van der Waals surface area contributed by atoms with Gasteiger partial charge < -0.3 is 24.8 Å². The maximum Gasteiger partial charge on any atom is 0.233 e. The fraction of sp³-hybridized carbons (Fsp3) is 0.300. The summed E-state index contributed by atoms with van der Waals surface area (Å²) in [4.78, 5) is 24.1. The van der Waals surface area contributed by atoms with Crippen LogP contribution in [0.25, 0.3) is 0 Å². The van der Waals surface area contributed by atoms with E-state index in [0.29, 0.717) is 28.6 Å². The van der Waals surface area contributed by atoms with E-state index < -0.39 is 11.8 Å². The lowest BCUT2D eigenvalue weighted by atomic mass is 10.2. The van der Waals surface area contributed by atoms with Gasteiger partial charge in [-0.25, -0.2) is 0 Å². The molecule has 7 heteroatoms. The van der Waals surface area contributed by atoms with Crippen molar-refractivity contribution in [3.05, 3.63) is 42.5 Å². The SMILES string of the molecule is COc1ccc(NC(=O)CC(=O)Nc2ccc(OC(C)C)cc2)cc1OC. The molecule has 0 saturated heterocycles. The molecule has 2 N–H and O–H groups in total. The second-order valence-electron chi connectivity index (χ2n) is 6.03. The van der Waals surface area contributed by atoms with Crippen LogP contribution in [-0.2, 0) is 9.59 Å². The van der Waals surface area contributed by atoms with Crippen molar-refractivity contribution in [2.75, 3.05) is 24.9 Å². The van der Waals surface area contributed by atoms with Gasteiger partial charge in [0.05, 0.1) is 20.3 Å². The van der Waals surface area contributed by atoms with Crippen LogP contribution >= 0.6 is 0 Å². The van der Waals surface area contributed by atoms with Gasteiger partial charge in [-0.05, 0) is 50.2 Å². The van der Waals surface area contributed by atoms with Crippen LogP contribution in [0.15, 0.2) is 42.5 Å². The molecule has 2 aromatic rings. The van der Waals surface area contributed by atoms with Gasteiger partial charge in [0.15, 0.2) is 11.5 Å². The first kappa shape index (κ1) is 20.1. The number of amides is 2. The second-order valence-corrected chi connectivity index (χ2v) is 6.03. The molecule has 0 atom stereocenters. The summed E-state index contributed by atoms with van der Waals surface area (Å²) in [5.74, 6) is 0.917. The number of nitrogens with one attached hydrogen (secondary N) is 2. The summed E-state index contributed by atoms with van der Waals surface area (Å²) in [5, 5.41) is 5.34. The highest BCUT2D eigenvalue weighted by atomic mass is 16.5. The molecule has 0 aliphatic rings. The third kappa shape index (κ3) is 6.22. The number of methoxy groups -OCH3 is 2. The van der Waals surface area contributed by atoms with Crippen LogP contribution in [0.4, 0.5) is 11.4 Å². The van der Waals surface area contributed by atoms with Crippen LogP contribution in [0, 0.1) is 0 Å². The number of hydrogen-bond acceptors (Lipinski definition) is 5. The number of anilines is 2. The Morgan fingerprint density at radius 3 is 1.96 bits per heavy atom. The molecule has 0 fully saturated rings. The molecule has 7 nitrogen and oxygen atoms in total. The van der Waals surface area contributed by atoms with Crippen molar-refractivity contribution in [3.8, 4) is 17.2 Å². The summed E-state index contributed by atoms with van der Waals surface area (Å²) in [5.41, 5.74) is 1.11. The van der Waals surface area contributed by atoms with Crippen molar-refractivity contribution in [1.29, 1.82) is 0 Å². The summed E-state index contributed by atoms with van der Waals surface area (Å²) in [6.45, 7) is 3.87. The molecule has 0 radical (unpaired) electrons. The van der Waals surface area contributed by atoms with Crippen molar-refractivity contribution in [1.82, 2.24) is 0 Å². The van der Waals surface area contributed by atoms with Crippen LogP contribution in [0.1, 0.15) is 20.3 Å². The highest BCUT2D eigenvalue weighted by Crippen LogP contribution is 2.29. The molecule has 2 amide bonds. The summed E-state index contributed by atoms with van der Waals surface area (Å²) >= 11 is 0. The fourth-order valence-corrected chi connectivity index (χ4v) is 2.36. The van der Waals surface area contributed by atoms with Gasteiger partial charge in [0, 0.05) is 17.4 Å². The predicted molar refractivity (Wildman–Crippen MR) is 104 cm³/mol. The molecule has 0 saturated carbocycles. The number of hydrogen-bond donors (Lipinski definition) is 2. The van der Waals surface area contributed by atoms with Crippen LogP contribution < -0.4 is 24.8 Å². The first-order chi connectivity index (χ1) is 12.9. The Labute approximate surface area is 158 Å². The predicted octanol–water partition coefficient (Wildman–Crippen LogP) is 3.46. The second kappa shape index (κ2) is 9.47. The average Bonchev–Trinajstić information content (AvgIpc) is 2.62. The van der Waals surface area contributed by atoms with Gasteiger partial charge >= 0.3 is 0 Å². The molecule has 0 aliphatic heterocycles. The van der Waals surface area contributed by atoms with Crippen molar-refractivity contribution in [2.45, 2.75) is 26.4 Å². The molecule has 0 aromatic heterocycles. The largest absolute Gasteiger partial charge is 0.493 e. The molecule has 144 valence electrons. The first-order valence-corrected chi connectivity index (χ1v) is 8.49. The lowest BCUT2D eigenvalue weighted by molar-refractivity contribution is -0.123. The highest BCUT2D eigenvalue weighted by Gasteiger charge is 2.12. The van der Waals surface area contributed by atoms with E-state index >= 15 is 0 Å². The summed E-state index contributed by atoms with van der Waals surface area (Å²) in [6, 6.07) is 11.9. The molecular formula is C20H24N2O5. The minimum Gasteiger partial charge on any atom is -0.493 e. The molecule has 0 heterocycles. The average molecular weight is 372 g/mol. The van der Waals surface area contributed by atoms with Crippen LogP contribution in [0.2, 0.25) is 0 Å². The molecular weight excluding hydrogens is 348 g/mol. The summed E-state index contributed by atoms with van der Waals surface area (Å²) in [6.07, 6.45) is -0.232. The maximum absolute atomic E-state index is 12.1. The quantitative estimate of drug-likeness (QED) is 0.693. The molecule has 0 aliphatic carbocycles. The van der Waals surface area contributed by atoms with Gasteiger partial charge in [-0.1, -0.05) is 0 Å². The van der Waals surface area contributed by atoms with Gasteiger partial charge in [0.1, 0.15) is 12.2 Å². The van der Waals surface area contributed by atoms with E-state index in [2.05, 4.69) is 10.6 Å². The summed E-state index contributed by atoms with van der Waals surface area (Å²) < 4.78 is 15.9. The van der Waals surface area contributed by atoms with Crippen molar-refractivity contribution >= 4 is 23.2 Å². The smallest absolute Gasteiger partial charge is 0.233 e. The van der Waals surface area contributed by atoms with E-state index in [-0.39, 0.29) is 12.5 Å². The van der Waals surface area contributed by atoms with Crippen molar-refractivity contribution < 1.29 is 23.8 Å². The van der Waals surface area contributed by atoms with Crippen molar-refractivity contribution in [2.24, 2.45) is 0 Å². The Morgan fingerprint density at radius 1 is 0.852 bits per heavy atom. The van der Waals surface area contributed by atoms with Gasteiger partial charge in [-0.2, -0.15) is 0 Å². The third-order valence-corrected chi connectivity index (χ3v) is 3.50. The monoisotopic (exact) mass is 372 g/mol. The number of carbonyl (C=O) groups is 2. The minimum absolute atomic E-state index is 0.0747. The van der Waals surface area contributed by atoms with Crippen LogP contribution in [-0.4, -0.2) is 32.1 Å². The van der Waals surface area contributed by atoms with Gasteiger partial charge in [0.25, 0.3) is 0 Å². The van der Waals surface area contributed by atoms with E-state index in [9.17, 15) is 9.59 Å². The number of carbonyl (C=O) groups excluding carboxylic acids is 2. The zero-order valence-electron chi connectivity index (χ0n) is 15.9. The molecule has 2 rings (SSSR count). The minimum atomic E-state index is -0.431. The highest BCUT2D eigenvalue weighted by molar-refractivity contribution is 6.08. The lowest BCUT2D eigenvalue weighted by Gasteiger charge is -2.11. The first-order valence-electron chi connectivity index (χ1n) is 8.49. The Bertz CT molecular complexity index is 787. The van der Waals surface area contributed by atoms with Crippen LogP contribution in [0.3, 0.4) is 0 Å². The molecule has 0 bridgehead atoms. The normalized spacial score (nSPS) is 10.3. The van der Waals surface area contributed by atoms with E-state index in [1.54, 1.807) is 42.5 Å². The lowest BCUT2D eigenvalue weighted by Crippen LogP contribution is -2.21. The van der Waals surface area contributed by atoms with E-state index in [4.69, 9.17) is 14.2 Å². The Morgan fingerprint density at radius 2 is 1.41 bits per heavy atom. The Balaban J connectivity index is 1.89. The van der Waals surface area contributed by atoms with E-state index in [0.717, 1.165) is 0 Å². The van der Waals surface area contributed by atoms with Gasteiger partial charge in [0.2, 0.25) is 11.8 Å². The van der Waals surface area contributed by atoms with Crippen molar-refractivity contribution in [3.63, 3.8) is 0 Å². The van der Waals surface area contributed by atoms with Gasteiger partial charge in [-0.3, -0.25) is 9.59 Å². The molecule has 27 heavy (non-hydrogen) atoms. The van der Waals surface area contributed by atoms with E-state index in [1.807, 2.05) is 13.8 Å². The molecule has 0 spiro atoms. The Hall–Kier alpha value is -3.22. The Kier molecular flexibility index (Phi) is 7.05. The fourth-order valence-electron chi connectivity index (χ4n) is 2.36. The standard InChI is InChI=1S/C20H24N2O5/c1-13(2)27-16-8-5-14(6-9-16)21-19(23)12-20(24)22-15-7-10-17(25-3)18(11-15)26-4/h5-11,13H,12H2,1-4H3,(H,21,23)(H,22,24). The summed E-state index contributed by atoms with van der Waals surface area (Å²) in [7, 11) is 3.04. The zero-order chi connectivity index (χ0) is 19.8. The van der Waals surface area contributed by atoms with E-state index in [1.165, 1.54) is 14.2 Å². The third-order valence-electron chi connectivity index (χ3n) is 3.50. The number of rotatable bonds is 8. The maximum atomic E-state index is 12.1.